The molecule has 1 aromatic heterocycles. The van der Waals surface area contributed by atoms with Crippen LogP contribution in [-0.2, 0) is 0 Å². The molecule has 2 rings (SSSR count). The molecule has 0 bridgehead atoms. The van der Waals surface area contributed by atoms with Crippen molar-refractivity contribution in [1.82, 2.24) is 4.98 Å². The Morgan fingerprint density at radius 1 is 1.50 bits per heavy atom. The second kappa shape index (κ2) is 5.23. The van der Waals surface area contributed by atoms with Crippen molar-refractivity contribution in [2.45, 2.75) is 0 Å². The number of thiazole rings is 1. The van der Waals surface area contributed by atoms with E-state index in [-0.39, 0.29) is 11.6 Å². The highest BCUT2D eigenvalue weighted by Gasteiger charge is 2.13. The van der Waals surface area contributed by atoms with Gasteiger partial charge in [0.15, 0.2) is 0 Å². The Morgan fingerprint density at radius 3 is 2.83 bits per heavy atom. The maximum Gasteiger partial charge on any atom is 0.283 e. The van der Waals surface area contributed by atoms with Crippen LogP contribution in [0.1, 0.15) is 10.5 Å². The molecule has 8 heteroatoms. The number of nitrogens with one attached hydrogen (secondary N) is 1. The third kappa shape index (κ3) is 2.71. The number of benzene rings is 1. The van der Waals surface area contributed by atoms with E-state index in [2.05, 4.69) is 26.2 Å². The average Bonchev–Trinajstić information content (AvgIpc) is 2.81. The van der Waals surface area contributed by atoms with Crippen LogP contribution in [0.2, 0.25) is 0 Å². The molecule has 0 unspecified atom stereocenters. The van der Waals surface area contributed by atoms with E-state index >= 15 is 0 Å². The Bertz CT molecular complexity index is 600. The third-order valence-electron chi connectivity index (χ3n) is 2.07. The third-order valence-corrected chi connectivity index (χ3v) is 3.29. The van der Waals surface area contributed by atoms with E-state index in [0.29, 0.717) is 15.9 Å². The standard InChI is InChI=1S/C10H6BrN3O3S/c11-7-3-6(1-2-9(7)14(16)17)13-10(15)8-4-18-5-12-8/h1-5H,(H,13,15). The minimum atomic E-state index is -0.504. The van der Waals surface area contributed by atoms with E-state index in [1.54, 1.807) is 10.9 Å². The van der Waals surface area contributed by atoms with Crippen molar-refractivity contribution in [2.24, 2.45) is 0 Å². The maximum atomic E-state index is 11.7. The molecule has 0 aliphatic carbocycles. The molecule has 0 saturated heterocycles. The van der Waals surface area contributed by atoms with Gasteiger partial charge in [-0.2, -0.15) is 0 Å². The number of hydrogen-bond acceptors (Lipinski definition) is 5. The first-order valence-corrected chi connectivity index (χ1v) is 6.45. The number of halogens is 1. The van der Waals surface area contributed by atoms with Gasteiger partial charge in [0.2, 0.25) is 0 Å². The number of carbonyl (C=O) groups excluding carboxylic acids is 1. The van der Waals surface area contributed by atoms with E-state index in [9.17, 15) is 14.9 Å². The Morgan fingerprint density at radius 2 is 2.28 bits per heavy atom. The van der Waals surface area contributed by atoms with Crippen LogP contribution in [0.25, 0.3) is 0 Å². The highest BCUT2D eigenvalue weighted by Crippen LogP contribution is 2.27. The van der Waals surface area contributed by atoms with Crippen molar-refractivity contribution in [3.8, 4) is 0 Å². The van der Waals surface area contributed by atoms with E-state index in [1.807, 2.05) is 0 Å². The molecule has 2 aromatic rings. The number of nitro groups is 1. The zero-order chi connectivity index (χ0) is 13.1. The van der Waals surface area contributed by atoms with Crippen molar-refractivity contribution in [2.75, 3.05) is 5.32 Å². The Labute approximate surface area is 114 Å². The molecule has 1 amide bonds. The van der Waals surface area contributed by atoms with Crippen LogP contribution in [0.3, 0.4) is 0 Å². The monoisotopic (exact) mass is 327 g/mol. The van der Waals surface area contributed by atoms with Gasteiger partial charge in [-0.25, -0.2) is 4.98 Å². The lowest BCUT2D eigenvalue weighted by Crippen LogP contribution is -2.12. The number of amides is 1. The first kappa shape index (κ1) is 12.7. The lowest BCUT2D eigenvalue weighted by molar-refractivity contribution is -0.385. The lowest BCUT2D eigenvalue weighted by Gasteiger charge is -2.03. The summed E-state index contributed by atoms with van der Waals surface area (Å²) in [4.78, 5) is 25.7. The fraction of sp³-hybridized carbons (Fsp3) is 0. The van der Waals surface area contributed by atoms with Crippen molar-refractivity contribution >= 4 is 44.5 Å². The molecular formula is C10H6BrN3O3S. The lowest BCUT2D eigenvalue weighted by atomic mass is 10.3. The molecule has 0 saturated carbocycles. The average molecular weight is 328 g/mol. The Hall–Kier alpha value is -1.80. The second-order valence-corrected chi connectivity index (χ2v) is 4.82. The molecule has 0 radical (unpaired) electrons. The number of aromatic nitrogens is 1. The molecule has 18 heavy (non-hydrogen) atoms. The smallest absolute Gasteiger partial charge is 0.283 e. The second-order valence-electron chi connectivity index (χ2n) is 3.25. The van der Waals surface area contributed by atoms with E-state index in [4.69, 9.17) is 0 Å². The Kier molecular flexibility index (Phi) is 3.68. The minimum Gasteiger partial charge on any atom is -0.321 e. The summed E-state index contributed by atoms with van der Waals surface area (Å²) in [6.45, 7) is 0. The Balaban J connectivity index is 2.18. The molecule has 1 aromatic carbocycles. The highest BCUT2D eigenvalue weighted by atomic mass is 79.9. The molecule has 0 atom stereocenters. The van der Waals surface area contributed by atoms with Crippen molar-refractivity contribution in [3.05, 3.63) is 49.4 Å². The molecule has 1 N–H and O–H groups in total. The molecule has 0 aliphatic rings. The van der Waals surface area contributed by atoms with E-state index in [1.165, 1.54) is 29.5 Å². The largest absolute Gasteiger partial charge is 0.321 e. The molecule has 0 aliphatic heterocycles. The number of hydrogen-bond donors (Lipinski definition) is 1. The number of anilines is 1. The summed E-state index contributed by atoms with van der Waals surface area (Å²) in [5, 5.41) is 14.8. The van der Waals surface area contributed by atoms with Crippen molar-refractivity contribution < 1.29 is 9.72 Å². The summed E-state index contributed by atoms with van der Waals surface area (Å²) in [6, 6.07) is 4.26. The van der Waals surface area contributed by atoms with Gasteiger partial charge >= 0.3 is 0 Å². The zero-order valence-corrected chi connectivity index (χ0v) is 11.2. The topological polar surface area (TPSA) is 85.1 Å². The van der Waals surface area contributed by atoms with Crippen LogP contribution in [0, 0.1) is 10.1 Å². The summed E-state index contributed by atoms with van der Waals surface area (Å²) in [5.41, 5.74) is 2.28. The zero-order valence-electron chi connectivity index (χ0n) is 8.79. The van der Waals surface area contributed by atoms with Gasteiger partial charge < -0.3 is 5.32 Å². The summed E-state index contributed by atoms with van der Waals surface area (Å²) >= 11 is 4.40. The van der Waals surface area contributed by atoms with Crippen molar-refractivity contribution in [3.63, 3.8) is 0 Å². The first-order chi connectivity index (χ1) is 8.58. The minimum absolute atomic E-state index is 0.0540. The SMILES string of the molecule is O=C(Nc1ccc([N+](=O)[O-])c(Br)c1)c1cscn1. The van der Waals surface area contributed by atoms with Gasteiger partial charge in [-0.15, -0.1) is 11.3 Å². The highest BCUT2D eigenvalue weighted by molar-refractivity contribution is 9.10. The van der Waals surface area contributed by atoms with Gasteiger partial charge in [-0.1, -0.05) is 0 Å². The first-order valence-electron chi connectivity index (χ1n) is 4.71. The number of carbonyl (C=O) groups is 1. The summed E-state index contributed by atoms with van der Waals surface area (Å²) in [6.07, 6.45) is 0. The number of rotatable bonds is 3. The van der Waals surface area contributed by atoms with Crippen LogP contribution in [0.4, 0.5) is 11.4 Å². The van der Waals surface area contributed by atoms with Gasteiger partial charge in [0.1, 0.15) is 5.69 Å². The van der Waals surface area contributed by atoms with Crippen LogP contribution in [-0.4, -0.2) is 15.8 Å². The maximum absolute atomic E-state index is 11.7. The normalized spacial score (nSPS) is 10.1. The van der Waals surface area contributed by atoms with Crippen LogP contribution in [0.15, 0.2) is 33.6 Å². The van der Waals surface area contributed by atoms with Crippen LogP contribution >= 0.6 is 27.3 Å². The van der Waals surface area contributed by atoms with Gasteiger partial charge in [0, 0.05) is 17.1 Å². The molecule has 1 heterocycles. The predicted octanol–water partition coefficient (Wildman–Crippen LogP) is 3.07. The van der Waals surface area contributed by atoms with E-state index in [0.717, 1.165) is 0 Å². The van der Waals surface area contributed by atoms with Crippen LogP contribution < -0.4 is 5.32 Å². The molecule has 92 valence electrons. The van der Waals surface area contributed by atoms with Gasteiger partial charge in [-0.3, -0.25) is 14.9 Å². The number of nitrogens with zero attached hydrogens (tertiary/aromatic N) is 2. The van der Waals surface area contributed by atoms with Crippen molar-refractivity contribution in [1.29, 1.82) is 0 Å². The van der Waals surface area contributed by atoms with Crippen LogP contribution in [0.5, 0.6) is 0 Å². The fourth-order valence-corrected chi connectivity index (χ4v) is 2.31. The summed E-state index contributed by atoms with van der Waals surface area (Å²) < 4.78 is 0.309. The van der Waals surface area contributed by atoms with Gasteiger partial charge in [0.05, 0.1) is 14.9 Å². The molecule has 0 fully saturated rings. The van der Waals surface area contributed by atoms with Gasteiger partial charge in [0.25, 0.3) is 11.6 Å². The van der Waals surface area contributed by atoms with E-state index < -0.39 is 4.92 Å². The number of nitro benzene ring substituents is 1. The molecule has 0 spiro atoms. The van der Waals surface area contributed by atoms with Gasteiger partial charge in [-0.05, 0) is 28.1 Å². The summed E-state index contributed by atoms with van der Waals surface area (Å²) in [5.74, 6) is -0.350. The molecule has 6 nitrogen and oxygen atoms in total. The quantitative estimate of drug-likeness (QED) is 0.693. The predicted molar refractivity (Wildman–Crippen MR) is 70.9 cm³/mol. The summed E-state index contributed by atoms with van der Waals surface area (Å²) in [7, 11) is 0. The molecular weight excluding hydrogens is 322 g/mol. The fourth-order valence-electron chi connectivity index (χ4n) is 1.25.